The van der Waals surface area contributed by atoms with Gasteiger partial charge in [0.25, 0.3) is 5.91 Å². The average molecular weight is 311 g/mol. The predicted octanol–water partition coefficient (Wildman–Crippen LogP) is 3.59. The summed E-state index contributed by atoms with van der Waals surface area (Å²) in [4.78, 5) is 12.4. The van der Waals surface area contributed by atoms with Gasteiger partial charge in [0.2, 0.25) is 0 Å². The molecular weight excluding hydrogens is 286 g/mol. The first-order valence-corrected chi connectivity index (χ1v) is 8.06. The molecule has 0 saturated carbocycles. The molecule has 3 heteroatoms. The van der Waals surface area contributed by atoms with E-state index in [2.05, 4.69) is 5.32 Å². The van der Waals surface area contributed by atoms with Gasteiger partial charge in [-0.1, -0.05) is 36.4 Å². The van der Waals surface area contributed by atoms with Gasteiger partial charge < -0.3 is 10.4 Å². The van der Waals surface area contributed by atoms with Crippen molar-refractivity contribution in [3.8, 4) is 0 Å². The van der Waals surface area contributed by atoms with Gasteiger partial charge >= 0.3 is 0 Å². The molecule has 1 amide bonds. The Labute approximate surface area is 138 Å². The first-order chi connectivity index (χ1) is 11.0. The van der Waals surface area contributed by atoms with Crippen molar-refractivity contribution in [3.63, 3.8) is 0 Å². The number of carbonyl (C=O) groups is 1. The predicted molar refractivity (Wildman–Crippen MR) is 93.7 cm³/mol. The van der Waals surface area contributed by atoms with Gasteiger partial charge in [0.1, 0.15) is 0 Å². The number of aryl methyl sites for hydroxylation is 2. The fourth-order valence-electron chi connectivity index (χ4n) is 2.67. The van der Waals surface area contributed by atoms with Gasteiger partial charge in [-0.3, -0.25) is 4.79 Å². The summed E-state index contributed by atoms with van der Waals surface area (Å²) < 4.78 is 0. The fourth-order valence-corrected chi connectivity index (χ4v) is 2.67. The lowest BCUT2D eigenvalue weighted by Gasteiger charge is -2.20. The van der Waals surface area contributed by atoms with Crippen molar-refractivity contribution < 1.29 is 9.90 Å². The zero-order valence-corrected chi connectivity index (χ0v) is 14.0. The third-order valence-corrected chi connectivity index (χ3v) is 4.17. The summed E-state index contributed by atoms with van der Waals surface area (Å²) in [6.07, 6.45) is 0.218. The highest BCUT2D eigenvalue weighted by atomic mass is 16.3. The summed E-state index contributed by atoms with van der Waals surface area (Å²) in [7, 11) is 0. The van der Waals surface area contributed by atoms with Crippen molar-refractivity contribution >= 4 is 5.91 Å². The summed E-state index contributed by atoms with van der Waals surface area (Å²) >= 11 is 0. The van der Waals surface area contributed by atoms with Crippen LogP contribution in [0, 0.1) is 13.8 Å². The molecule has 0 spiro atoms. The van der Waals surface area contributed by atoms with Crippen LogP contribution in [0.25, 0.3) is 0 Å². The molecule has 0 radical (unpaired) electrons. The van der Waals surface area contributed by atoms with Gasteiger partial charge in [0, 0.05) is 18.0 Å². The number of benzene rings is 2. The molecule has 0 fully saturated rings. The van der Waals surface area contributed by atoms with Gasteiger partial charge in [-0.25, -0.2) is 0 Å². The maximum absolute atomic E-state index is 12.4. The molecule has 0 aliphatic carbocycles. The summed E-state index contributed by atoms with van der Waals surface area (Å²) in [6, 6.07) is 15.7. The second-order valence-electron chi connectivity index (χ2n) is 6.20. The first kappa shape index (κ1) is 17.2. The van der Waals surface area contributed by atoms with Crippen LogP contribution in [0.3, 0.4) is 0 Å². The van der Waals surface area contributed by atoms with Crippen molar-refractivity contribution in [1.82, 2.24) is 5.32 Å². The number of nitrogens with one attached hydrogen (secondary N) is 1. The molecular formula is C20H25NO2. The Kier molecular flexibility index (Phi) is 5.94. The molecule has 122 valence electrons. The Morgan fingerprint density at radius 2 is 1.78 bits per heavy atom. The molecule has 2 rings (SSSR count). The number of hydrogen-bond donors (Lipinski definition) is 2. The van der Waals surface area contributed by atoms with E-state index in [-0.39, 0.29) is 11.8 Å². The largest absolute Gasteiger partial charge is 0.393 e. The Morgan fingerprint density at radius 1 is 1.09 bits per heavy atom. The number of amides is 1. The molecule has 0 aliphatic rings. The third kappa shape index (κ3) is 4.93. The molecule has 2 unspecified atom stereocenters. The normalized spacial score (nSPS) is 13.4. The topological polar surface area (TPSA) is 49.3 Å². The van der Waals surface area contributed by atoms with E-state index >= 15 is 0 Å². The Hall–Kier alpha value is -2.13. The van der Waals surface area contributed by atoms with Gasteiger partial charge in [-0.15, -0.1) is 0 Å². The highest BCUT2D eigenvalue weighted by Gasteiger charge is 2.16. The second-order valence-corrected chi connectivity index (χ2v) is 6.20. The van der Waals surface area contributed by atoms with Crippen molar-refractivity contribution in [2.24, 2.45) is 0 Å². The summed E-state index contributed by atoms with van der Waals surface area (Å²) in [5.74, 6) is 0.0336. The smallest absolute Gasteiger partial charge is 0.251 e. The molecule has 0 aromatic heterocycles. The lowest BCUT2D eigenvalue weighted by atomic mass is 9.93. The van der Waals surface area contributed by atoms with E-state index in [0.717, 1.165) is 11.1 Å². The maximum atomic E-state index is 12.4. The third-order valence-electron chi connectivity index (χ3n) is 4.17. The lowest BCUT2D eigenvalue weighted by Crippen LogP contribution is -2.29. The van der Waals surface area contributed by atoms with E-state index in [1.807, 2.05) is 62.4 Å². The van der Waals surface area contributed by atoms with Gasteiger partial charge in [0.15, 0.2) is 0 Å². The highest BCUT2D eigenvalue weighted by Crippen LogP contribution is 2.20. The Balaban J connectivity index is 2.05. The van der Waals surface area contributed by atoms with E-state index in [1.165, 1.54) is 5.56 Å². The van der Waals surface area contributed by atoms with E-state index in [9.17, 15) is 9.90 Å². The second kappa shape index (κ2) is 7.93. The summed E-state index contributed by atoms with van der Waals surface area (Å²) in [5.41, 5.74) is 4.10. The van der Waals surface area contributed by atoms with Crippen LogP contribution in [0.2, 0.25) is 0 Å². The molecule has 0 bridgehead atoms. The maximum Gasteiger partial charge on any atom is 0.251 e. The standard InChI is InChI=1S/C20H25NO2/c1-14-9-10-18(11-15(14)2)20(23)21-13-19(12-16(3)22)17-7-5-4-6-8-17/h4-11,16,19,22H,12-13H2,1-3H3,(H,21,23). The van der Waals surface area contributed by atoms with Crippen molar-refractivity contribution in [2.75, 3.05) is 6.54 Å². The summed E-state index contributed by atoms with van der Waals surface area (Å²) in [5, 5.41) is 12.7. The molecule has 0 heterocycles. The molecule has 2 N–H and O–H groups in total. The lowest BCUT2D eigenvalue weighted by molar-refractivity contribution is 0.0945. The minimum absolute atomic E-state index is 0.0698. The number of rotatable bonds is 6. The molecule has 23 heavy (non-hydrogen) atoms. The van der Waals surface area contributed by atoms with Gasteiger partial charge in [-0.2, -0.15) is 0 Å². The van der Waals surface area contributed by atoms with Crippen LogP contribution in [-0.4, -0.2) is 23.7 Å². The van der Waals surface area contributed by atoms with Crippen LogP contribution in [0.15, 0.2) is 48.5 Å². The molecule has 3 nitrogen and oxygen atoms in total. The van der Waals surface area contributed by atoms with E-state index < -0.39 is 6.10 Å². The van der Waals surface area contributed by atoms with Crippen LogP contribution in [0.5, 0.6) is 0 Å². The molecule has 0 aliphatic heterocycles. The summed E-state index contributed by atoms with van der Waals surface area (Å²) in [6.45, 7) is 6.33. The number of carbonyl (C=O) groups excluding carboxylic acids is 1. The van der Waals surface area contributed by atoms with Crippen molar-refractivity contribution in [3.05, 3.63) is 70.8 Å². The number of aliphatic hydroxyl groups excluding tert-OH is 1. The van der Waals surface area contributed by atoms with Gasteiger partial charge in [0.05, 0.1) is 6.10 Å². The van der Waals surface area contributed by atoms with Crippen LogP contribution in [0.1, 0.15) is 46.3 Å². The minimum atomic E-state index is -0.404. The molecule has 2 aromatic rings. The van der Waals surface area contributed by atoms with E-state index in [1.54, 1.807) is 6.92 Å². The zero-order chi connectivity index (χ0) is 16.8. The van der Waals surface area contributed by atoms with Crippen LogP contribution in [0.4, 0.5) is 0 Å². The highest BCUT2D eigenvalue weighted by molar-refractivity contribution is 5.94. The Morgan fingerprint density at radius 3 is 2.39 bits per heavy atom. The number of hydrogen-bond acceptors (Lipinski definition) is 2. The molecule has 2 aromatic carbocycles. The van der Waals surface area contributed by atoms with Crippen LogP contribution < -0.4 is 5.32 Å². The van der Waals surface area contributed by atoms with Crippen molar-refractivity contribution in [1.29, 1.82) is 0 Å². The Bertz CT molecular complexity index is 650. The quantitative estimate of drug-likeness (QED) is 0.856. The van der Waals surface area contributed by atoms with E-state index in [0.29, 0.717) is 18.5 Å². The zero-order valence-electron chi connectivity index (χ0n) is 14.0. The first-order valence-electron chi connectivity index (χ1n) is 8.06. The fraction of sp³-hybridized carbons (Fsp3) is 0.350. The van der Waals surface area contributed by atoms with E-state index in [4.69, 9.17) is 0 Å². The van der Waals surface area contributed by atoms with Gasteiger partial charge in [-0.05, 0) is 56.0 Å². The minimum Gasteiger partial charge on any atom is -0.393 e. The monoisotopic (exact) mass is 311 g/mol. The SMILES string of the molecule is Cc1ccc(C(=O)NCC(CC(C)O)c2ccccc2)cc1C. The average Bonchev–Trinajstić information content (AvgIpc) is 2.54. The number of aliphatic hydroxyl groups is 1. The van der Waals surface area contributed by atoms with Crippen molar-refractivity contribution in [2.45, 2.75) is 39.2 Å². The van der Waals surface area contributed by atoms with Crippen LogP contribution in [-0.2, 0) is 0 Å². The molecule has 0 saturated heterocycles. The molecule has 2 atom stereocenters. The van der Waals surface area contributed by atoms with Crippen LogP contribution >= 0.6 is 0 Å².